The molecule has 0 radical (unpaired) electrons. The summed E-state index contributed by atoms with van der Waals surface area (Å²) in [5, 5.41) is 0. The Morgan fingerprint density at radius 1 is 1.12 bits per heavy atom. The minimum absolute atomic E-state index is 0. The summed E-state index contributed by atoms with van der Waals surface area (Å²) >= 11 is 0. The number of rotatable bonds is 2. The fraction of sp³-hybridized carbons (Fsp3) is 0.250. The van der Waals surface area contributed by atoms with Gasteiger partial charge in [-0.25, -0.2) is 0 Å². The average Bonchev–Trinajstić information content (AvgIpc) is 1.41. The molecule has 0 bridgehead atoms. The zero-order chi connectivity index (χ0) is 4.12. The number of hydrogen-bond acceptors (Lipinski definition) is 2. The van der Waals surface area contributed by atoms with Crippen molar-refractivity contribution >= 4 is 12.6 Å². The molecule has 8 heavy (non-hydrogen) atoms. The van der Waals surface area contributed by atoms with Gasteiger partial charge < -0.3 is 17.0 Å². The van der Waals surface area contributed by atoms with Crippen LogP contribution in [0, 0.1) is 7.43 Å². The quantitative estimate of drug-likeness (QED) is 0.438. The van der Waals surface area contributed by atoms with Gasteiger partial charge in [0.15, 0.2) is 0 Å². The van der Waals surface area contributed by atoms with Crippen molar-refractivity contribution in [2.45, 2.75) is 6.42 Å². The molecule has 0 aromatic carbocycles. The van der Waals surface area contributed by atoms with Gasteiger partial charge in [-0.1, -0.05) is 0 Å². The van der Waals surface area contributed by atoms with Crippen LogP contribution < -0.4 is 0 Å². The molecule has 0 amide bonds. The minimum atomic E-state index is -0.222. The van der Waals surface area contributed by atoms with E-state index in [0.717, 1.165) is 0 Å². The fourth-order valence-electron chi connectivity index (χ4n) is 0.0295. The molecule has 0 atom stereocenters. The molecule has 2 nitrogen and oxygen atoms in total. The van der Waals surface area contributed by atoms with Gasteiger partial charge in [-0.2, -0.15) is 0 Å². The summed E-state index contributed by atoms with van der Waals surface area (Å²) in [4.78, 5) is 18.0. The monoisotopic (exact) mass is 453 g/mol. The smallest absolute Gasteiger partial charge is 0.544 e. The molecule has 0 aromatic heterocycles. The molecule has 0 aliphatic heterocycles. The Labute approximate surface area is 77.9 Å². The Morgan fingerprint density at radius 2 is 1.38 bits per heavy atom. The molecule has 0 N–H and O–H groups in total. The zero-order valence-corrected chi connectivity index (χ0v) is 10.2. The van der Waals surface area contributed by atoms with Crippen LogP contribution in [-0.4, -0.2) is 12.6 Å². The Morgan fingerprint density at radius 3 is 1.38 bits per heavy atom. The van der Waals surface area contributed by atoms with E-state index in [2.05, 4.69) is 0 Å². The maximum absolute atomic E-state index is 9.02. The van der Waals surface area contributed by atoms with Gasteiger partial charge in [0.1, 0.15) is 0 Å². The van der Waals surface area contributed by atoms with Crippen molar-refractivity contribution in [1.82, 2.24) is 0 Å². The largest absolute Gasteiger partial charge is 2.00 e. The predicted octanol–water partition coefficient (Wildman–Crippen LogP) is 0.0412. The van der Waals surface area contributed by atoms with E-state index in [9.17, 15) is 0 Å². The molecule has 4 heteroatoms. The van der Waals surface area contributed by atoms with Crippen LogP contribution in [-0.2, 0) is 51.7 Å². The SMILES string of the molecule is O=[C-]C[C-]=O.[CH3-].[W+2].[W]. The molecule has 46 valence electrons. The first-order valence-corrected chi connectivity index (χ1v) is 1.12. The summed E-state index contributed by atoms with van der Waals surface area (Å²) in [5.74, 6) is 0. The van der Waals surface area contributed by atoms with E-state index >= 15 is 0 Å². The first kappa shape index (κ1) is 23.3. The first-order valence-electron chi connectivity index (χ1n) is 1.12. The first-order chi connectivity index (χ1) is 2.41. The van der Waals surface area contributed by atoms with E-state index in [-0.39, 0.29) is 56.0 Å². The third kappa shape index (κ3) is 29.7. The molecule has 0 spiro atoms. The van der Waals surface area contributed by atoms with Crippen LogP contribution in [0.4, 0.5) is 0 Å². The molecular formula is C4H5O2W2-. The second-order valence-corrected chi connectivity index (χ2v) is 0.465. The van der Waals surface area contributed by atoms with Crippen LogP contribution in [0.25, 0.3) is 0 Å². The second kappa shape index (κ2) is 25.2. The normalized spacial score (nSPS) is 4.00. The van der Waals surface area contributed by atoms with Crippen molar-refractivity contribution in [3.8, 4) is 0 Å². The minimum Gasteiger partial charge on any atom is -0.544 e. The Hall–Kier alpha value is 0.717. The van der Waals surface area contributed by atoms with Crippen LogP contribution in [0.5, 0.6) is 0 Å². The van der Waals surface area contributed by atoms with Gasteiger partial charge >= 0.3 is 21.1 Å². The maximum atomic E-state index is 9.02. The third-order valence-corrected chi connectivity index (χ3v) is 0.144. The fourth-order valence-corrected chi connectivity index (χ4v) is 0.0295. The van der Waals surface area contributed by atoms with Crippen LogP contribution in [0.3, 0.4) is 0 Å². The van der Waals surface area contributed by atoms with Gasteiger partial charge in [0.25, 0.3) is 0 Å². The summed E-state index contributed by atoms with van der Waals surface area (Å²) in [7, 11) is 0. The molecule has 0 aromatic rings. The number of carbonyl (C=O) groups excluding carboxylic acids is 2. The van der Waals surface area contributed by atoms with E-state index in [1.165, 1.54) is 12.6 Å². The van der Waals surface area contributed by atoms with Gasteiger partial charge in [-0.05, 0) is 0 Å². The number of hydrogen-bond donors (Lipinski definition) is 0. The summed E-state index contributed by atoms with van der Waals surface area (Å²) < 4.78 is 0. The molecule has 0 saturated carbocycles. The molecule has 0 aliphatic carbocycles. The standard InChI is InChI=1S/C3H2O2.CH3.2W/c4-2-1-3-5;;;/h1H2;1H3;;/q-2;-1;;+2. The summed E-state index contributed by atoms with van der Waals surface area (Å²) in [6, 6.07) is 0. The van der Waals surface area contributed by atoms with Crippen molar-refractivity contribution in [3.05, 3.63) is 7.43 Å². The molecule has 0 heterocycles. The van der Waals surface area contributed by atoms with E-state index in [1.807, 2.05) is 0 Å². The predicted molar refractivity (Wildman–Crippen MR) is 22.4 cm³/mol. The zero-order valence-electron chi connectivity index (χ0n) is 4.34. The molecular weight excluding hydrogens is 448 g/mol. The van der Waals surface area contributed by atoms with E-state index in [0.29, 0.717) is 0 Å². The van der Waals surface area contributed by atoms with Crippen molar-refractivity contribution in [2.75, 3.05) is 0 Å². The van der Waals surface area contributed by atoms with Gasteiger partial charge in [-0.15, -0.1) is 0 Å². The maximum Gasteiger partial charge on any atom is 2.00 e. The summed E-state index contributed by atoms with van der Waals surface area (Å²) in [6.45, 7) is 0. The van der Waals surface area contributed by atoms with Gasteiger partial charge in [-0.3, -0.25) is 19.0 Å². The van der Waals surface area contributed by atoms with Gasteiger partial charge in [0.2, 0.25) is 0 Å². The van der Waals surface area contributed by atoms with Gasteiger partial charge in [0, 0.05) is 21.1 Å². The van der Waals surface area contributed by atoms with Crippen molar-refractivity contribution < 1.29 is 51.7 Å². The second-order valence-electron chi connectivity index (χ2n) is 0.465. The van der Waals surface area contributed by atoms with Crippen molar-refractivity contribution in [2.24, 2.45) is 0 Å². The summed E-state index contributed by atoms with van der Waals surface area (Å²) in [6.07, 6.45) is 2.47. The molecule has 0 unspecified atom stereocenters. The Balaban J connectivity index is -0.0000000267. The van der Waals surface area contributed by atoms with E-state index < -0.39 is 0 Å². The molecule has 0 aliphatic rings. The van der Waals surface area contributed by atoms with E-state index in [1.54, 1.807) is 0 Å². The third-order valence-electron chi connectivity index (χ3n) is 0.144. The molecule has 0 rings (SSSR count). The van der Waals surface area contributed by atoms with E-state index in [4.69, 9.17) is 9.59 Å². The molecule has 0 saturated heterocycles. The average molecular weight is 453 g/mol. The van der Waals surface area contributed by atoms with Crippen LogP contribution in [0.1, 0.15) is 6.42 Å². The Bertz CT molecular complexity index is 41.3. The van der Waals surface area contributed by atoms with Crippen molar-refractivity contribution in [3.63, 3.8) is 0 Å². The molecule has 0 fully saturated rings. The van der Waals surface area contributed by atoms with Crippen LogP contribution >= 0.6 is 0 Å². The van der Waals surface area contributed by atoms with Crippen LogP contribution in [0.15, 0.2) is 0 Å². The Kier molecular flexibility index (Phi) is 73.5. The van der Waals surface area contributed by atoms with Crippen molar-refractivity contribution in [1.29, 1.82) is 0 Å². The van der Waals surface area contributed by atoms with Gasteiger partial charge in [0.05, 0.1) is 0 Å². The van der Waals surface area contributed by atoms with Crippen LogP contribution in [0.2, 0.25) is 0 Å². The topological polar surface area (TPSA) is 34.1 Å². The summed E-state index contributed by atoms with van der Waals surface area (Å²) in [5.41, 5.74) is 0.